The number of ether oxygens (including phenoxy) is 1. The monoisotopic (exact) mass is 1510 g/mol. The maximum Gasteiger partial charge on any atom is 0.302 e. The third kappa shape index (κ3) is 125. The molecule has 0 amide bonds. The van der Waals surface area contributed by atoms with E-state index in [1.165, 1.54) is 177 Å². The Balaban J connectivity index is -0.0000000734. The molecule has 0 radical (unpaired) electrons. The number of azo groups is 2. The van der Waals surface area contributed by atoms with Crippen LogP contribution in [-0.2, 0) is 14.3 Å². The van der Waals surface area contributed by atoms with Crippen LogP contribution in [0.15, 0.2) is 152 Å². The van der Waals surface area contributed by atoms with Gasteiger partial charge in [0.15, 0.2) is 12.8 Å². The van der Waals surface area contributed by atoms with Gasteiger partial charge in [-0.1, -0.05) is 286 Å². The molecule has 0 aliphatic heterocycles. The Morgan fingerprint density at radius 2 is 0.778 bits per heavy atom. The molecule has 3 aromatic rings. The highest BCUT2D eigenvalue weighted by atomic mass is 16.5. The van der Waals surface area contributed by atoms with Crippen molar-refractivity contribution in [2.75, 3.05) is 49.4 Å². The van der Waals surface area contributed by atoms with Gasteiger partial charge in [-0.05, 0) is 233 Å². The number of hydrogen-bond acceptors (Lipinski definition) is 10. The summed E-state index contributed by atoms with van der Waals surface area (Å²) in [5, 5.41) is 37.1. The number of methoxy groups -OCH3 is 1. The van der Waals surface area contributed by atoms with Crippen molar-refractivity contribution in [1.82, 2.24) is 0 Å². The number of esters is 1. The summed E-state index contributed by atoms with van der Waals surface area (Å²) in [7, 11) is 10.6. The average molecular weight is 1510 g/mol. The first-order valence-corrected chi connectivity index (χ1v) is 40.4. The standard InChI is InChI=1S/C14H14.C10H18.C8H16.C8H14.C8H10.C5H7N.C5H8O.C5H10.C4H8.C4H6.C3H7NO.C3H7N.C3H6O2.C2H6N2O.C2H6N2.6C2H6/c1-11-3-7-13(8-4-11)14-9-5-12(2)6-10-14;1-9-3-6-10(2,7-4-9)8-5-9;3*1-7-3-5-8(2)6-4-7;1-3-5(2)4-6;1-3-4-5(2)6;1-4-5(2)3;2*1-3-4-2;1-3-4(2)5;1-3-4-2;1-3(4)5-2;1-3-4(2)5;1-3-4-2;6*1-2/h3-10H,1-2H3;3-8H2,1-2H3;7-8H,3-6H2,1-2H3;3,8H,4-6H2,1-2H3;3-6H,1-2H3;3H,1-2H3;3-4H,1-2H3;4H,1-3H3;3-4H,1-2H3;1-2H3;3H,1-2H3;3H,1-2H3;2*1-2H3;1-2H3;6*1-2H3. The van der Waals surface area contributed by atoms with Crippen molar-refractivity contribution in [2.45, 2.75) is 333 Å². The van der Waals surface area contributed by atoms with E-state index in [9.17, 15) is 20.0 Å². The van der Waals surface area contributed by atoms with Gasteiger partial charge in [0.25, 0.3) is 0 Å². The van der Waals surface area contributed by atoms with Crippen molar-refractivity contribution in [3.63, 3.8) is 0 Å². The number of hydrogen-bond donors (Lipinski definition) is 0. The molecule has 4 saturated carbocycles. The van der Waals surface area contributed by atoms with Crippen LogP contribution in [0, 0.1) is 89.9 Å². The minimum Gasteiger partial charge on any atom is -0.624 e. The average Bonchev–Trinajstić information content (AvgIpc) is 0.786. The molecule has 0 heterocycles. The van der Waals surface area contributed by atoms with E-state index in [0.29, 0.717) is 4.86 Å². The minimum absolute atomic E-state index is 0.109. The number of aryl methyl sites for hydroxylation is 4. The Morgan fingerprint density at radius 1 is 0.519 bits per heavy atom. The van der Waals surface area contributed by atoms with Crippen LogP contribution in [-0.4, -0.2) is 83.2 Å². The molecule has 8 rings (SSSR count). The van der Waals surface area contributed by atoms with Crippen molar-refractivity contribution in [3.8, 4) is 29.0 Å². The zero-order valence-corrected chi connectivity index (χ0v) is 79.2. The lowest BCUT2D eigenvalue weighted by atomic mass is 9.55. The normalized spacial score (nSPS) is 16.5. The Bertz CT molecular complexity index is 2490. The second-order valence-electron chi connectivity index (χ2n) is 25.1. The van der Waals surface area contributed by atoms with E-state index in [4.69, 9.17) is 5.26 Å². The van der Waals surface area contributed by atoms with Crippen LogP contribution in [0.25, 0.3) is 11.1 Å². The molecular formula is C96H179N7O5. The Morgan fingerprint density at radius 3 is 0.889 bits per heavy atom. The highest BCUT2D eigenvalue weighted by molar-refractivity contribution is 5.87. The molecule has 12 heteroatoms. The summed E-state index contributed by atoms with van der Waals surface area (Å²) in [6, 6.07) is 27.7. The van der Waals surface area contributed by atoms with Crippen molar-refractivity contribution >= 4 is 24.2 Å². The fourth-order valence-electron chi connectivity index (χ4n) is 7.51. The van der Waals surface area contributed by atoms with Gasteiger partial charge in [0.2, 0.25) is 0 Å². The second kappa shape index (κ2) is 108. The van der Waals surface area contributed by atoms with E-state index in [1.807, 2.05) is 157 Å². The number of nitriles is 1. The molecule has 1 atom stereocenters. The second-order valence-corrected chi connectivity index (χ2v) is 25.1. The lowest BCUT2D eigenvalue weighted by Crippen LogP contribution is -2.37. The van der Waals surface area contributed by atoms with Gasteiger partial charge in [-0.25, -0.2) is 4.74 Å². The van der Waals surface area contributed by atoms with Gasteiger partial charge in [0.05, 0.1) is 20.2 Å². The largest absolute Gasteiger partial charge is 0.624 e. The van der Waals surface area contributed by atoms with Gasteiger partial charge in [0, 0.05) is 40.6 Å². The summed E-state index contributed by atoms with van der Waals surface area (Å²) in [6.45, 7) is 72.4. The predicted octanol–water partition coefficient (Wildman–Crippen LogP) is 30.6. The van der Waals surface area contributed by atoms with Gasteiger partial charge in [-0.15, -0.1) is 16.7 Å². The molecular weight excluding hydrogens is 1330 g/mol. The van der Waals surface area contributed by atoms with Crippen molar-refractivity contribution < 1.29 is 23.9 Å². The lowest BCUT2D eigenvalue weighted by Gasteiger charge is -2.50. The summed E-state index contributed by atoms with van der Waals surface area (Å²) in [4.78, 5) is 23.7. The number of carbonyl (C=O) groups excluding carboxylic acids is 2. The number of fused-ring (bicyclic) bond motifs is 3. The summed E-state index contributed by atoms with van der Waals surface area (Å²) in [5.41, 5.74) is 13.1. The maximum absolute atomic E-state index is 9.96. The fraction of sp³-hybridized carbons (Fsp3) is 0.635. The van der Waals surface area contributed by atoms with Gasteiger partial charge in [-0.3, -0.25) is 9.59 Å². The molecule has 5 aliphatic carbocycles. The van der Waals surface area contributed by atoms with Gasteiger partial charge < -0.3 is 20.1 Å². The molecule has 1 unspecified atom stereocenters. The van der Waals surface area contributed by atoms with E-state index >= 15 is 0 Å². The number of ketones is 1. The van der Waals surface area contributed by atoms with E-state index in [0.717, 1.165) is 38.9 Å². The summed E-state index contributed by atoms with van der Waals surface area (Å²) in [5.74, 6) is 8.21. The number of allylic oxidation sites excluding steroid dienone is 10. The molecule has 5 aliphatic rings. The lowest BCUT2D eigenvalue weighted by molar-refractivity contribution is -0.497. The summed E-state index contributed by atoms with van der Waals surface area (Å²) in [6.07, 6.45) is 35.6. The highest BCUT2D eigenvalue weighted by Gasteiger charge is 2.43. The first-order chi connectivity index (χ1) is 51.1. The molecule has 2 bridgehead atoms. The van der Waals surface area contributed by atoms with Crippen molar-refractivity contribution in [3.05, 3.63) is 165 Å². The first kappa shape index (κ1) is 133. The molecule has 628 valence electrons. The molecule has 0 saturated heterocycles. The molecule has 108 heavy (non-hydrogen) atoms. The minimum atomic E-state index is -0.245. The first-order valence-electron chi connectivity index (χ1n) is 40.4. The Labute approximate surface area is 674 Å². The SMILES string of the molecule is CC.CC.CC.CC.CC.CC.CC#CC.CC12CCC(C)(CC1)CC2.CC1=CCC(C)CC1.CC1CCC(C)CC1.CC=C(C)C.CC=C(C)C#N.CC=CC.CC=CC(C)=O.CC=NC.CC=[N+](C)[O-].CN=NC.CN=[N+](C)[O-].COC(C)=O.Cc1ccc(-c2ccc(C)cc2)cc1.Cc1ccc(C)cc1. The number of aliphatic imine (C=N–C) groups is 1. The van der Waals surface area contributed by atoms with Crippen LogP contribution in [0.2, 0.25) is 0 Å². The van der Waals surface area contributed by atoms with Crippen LogP contribution in [0.4, 0.5) is 0 Å². The van der Waals surface area contributed by atoms with Crippen LogP contribution in [0.5, 0.6) is 0 Å². The zero-order chi connectivity index (χ0) is 87.9. The van der Waals surface area contributed by atoms with Crippen molar-refractivity contribution in [2.24, 2.45) is 48.9 Å². The molecule has 12 nitrogen and oxygen atoms in total. The topological polar surface area (TPSA) is 169 Å². The number of rotatable bonds is 2. The summed E-state index contributed by atoms with van der Waals surface area (Å²) < 4.78 is 4.86. The number of benzene rings is 3. The molecule has 0 spiro atoms. The van der Waals surface area contributed by atoms with Crippen LogP contribution < -0.4 is 0 Å². The van der Waals surface area contributed by atoms with E-state index in [-0.39, 0.29) is 11.8 Å². The molecule has 0 aromatic heterocycles. The smallest absolute Gasteiger partial charge is 0.302 e. The van der Waals surface area contributed by atoms with Crippen LogP contribution >= 0.6 is 0 Å². The van der Waals surface area contributed by atoms with Gasteiger partial charge in [-0.2, -0.15) is 15.5 Å². The zero-order valence-electron chi connectivity index (χ0n) is 79.2. The van der Waals surface area contributed by atoms with Crippen LogP contribution in [0.1, 0.15) is 327 Å². The number of carbonyl (C=O) groups is 2. The maximum atomic E-state index is 9.96. The fourth-order valence-corrected chi connectivity index (χ4v) is 7.51. The third-order valence-corrected chi connectivity index (χ3v) is 15.4. The highest BCUT2D eigenvalue weighted by Crippen LogP contribution is 2.56. The summed E-state index contributed by atoms with van der Waals surface area (Å²) >= 11 is 0. The van der Waals surface area contributed by atoms with E-state index in [2.05, 4.69) is 205 Å². The number of hydroxylamine groups is 2. The van der Waals surface area contributed by atoms with Gasteiger partial charge >= 0.3 is 5.97 Å². The molecule has 0 N–H and O–H groups in total. The van der Waals surface area contributed by atoms with Gasteiger partial charge in [0.1, 0.15) is 13.3 Å². The Hall–Kier alpha value is -7.31. The van der Waals surface area contributed by atoms with Crippen LogP contribution in [0.3, 0.4) is 0 Å². The number of nitrogens with zero attached hydrogens (tertiary/aromatic N) is 7. The van der Waals surface area contributed by atoms with E-state index in [1.54, 1.807) is 58.9 Å². The Kier molecular flexibility index (Phi) is 134. The molecule has 4 fully saturated rings. The van der Waals surface area contributed by atoms with Crippen molar-refractivity contribution in [1.29, 1.82) is 5.26 Å². The predicted molar refractivity (Wildman–Crippen MR) is 492 cm³/mol. The quantitative estimate of drug-likeness (QED) is 0.0236. The third-order valence-electron chi connectivity index (χ3n) is 15.4. The van der Waals surface area contributed by atoms with E-state index < -0.39 is 0 Å². The molecule has 3 aromatic carbocycles.